The Morgan fingerprint density at radius 3 is 2.64 bits per heavy atom. The third-order valence-corrected chi connectivity index (χ3v) is 8.33. The van der Waals surface area contributed by atoms with Gasteiger partial charge in [0, 0.05) is 42.2 Å². The molecule has 3 heterocycles. The Bertz CT molecular complexity index is 1590. The van der Waals surface area contributed by atoms with Crippen LogP contribution in [0.4, 0.5) is 24.7 Å². The van der Waals surface area contributed by atoms with E-state index in [1.807, 2.05) is 30.3 Å². The maximum atomic E-state index is 13.6. The van der Waals surface area contributed by atoms with Gasteiger partial charge in [-0.3, -0.25) is 9.69 Å². The molecule has 240 valence electrons. The van der Waals surface area contributed by atoms with E-state index in [0.29, 0.717) is 30.4 Å². The number of nitrogens with two attached hydrogens (primary N) is 1. The lowest BCUT2D eigenvalue weighted by atomic mass is 10.0. The van der Waals surface area contributed by atoms with Gasteiger partial charge < -0.3 is 25.1 Å². The lowest BCUT2D eigenvalue weighted by Crippen LogP contribution is -2.40. The first-order valence-electron chi connectivity index (χ1n) is 14.6. The lowest BCUT2D eigenvalue weighted by Gasteiger charge is -2.31. The van der Waals surface area contributed by atoms with E-state index in [0.717, 1.165) is 34.3 Å². The number of nitrogens with zero attached hydrogens (tertiary/aromatic N) is 6. The minimum Gasteiger partial charge on any atom is -0.462 e. The standard InChI is InChI=1S/C23H24ClF2N5O.C9H13FN2O/c1-30-13-23(25,26)10-15(30)12-32-22-28-18-11-31(9-8-16(18)21(27)29-22)19-7-3-5-14-4-2-6-17(24)20(14)19;1-5-12(7(2)6-11-4)9(13)8(3)10/h2-7,15H,8-13H2,1H3,(H2,27,28,29);7H,3,5-6H2,1-2H3/t15-;7-/m01/s1. The molecule has 2 aliphatic heterocycles. The van der Waals surface area contributed by atoms with Gasteiger partial charge in [0.2, 0.25) is 6.54 Å². The molecule has 9 nitrogen and oxygen atoms in total. The first-order chi connectivity index (χ1) is 21.3. The number of benzene rings is 2. The van der Waals surface area contributed by atoms with Crippen LogP contribution in [-0.2, 0) is 17.8 Å². The van der Waals surface area contributed by atoms with Gasteiger partial charge in [0.25, 0.3) is 11.8 Å². The first-order valence-corrected chi connectivity index (χ1v) is 15.0. The van der Waals surface area contributed by atoms with Crippen LogP contribution in [0.1, 0.15) is 31.5 Å². The highest BCUT2D eigenvalue weighted by molar-refractivity contribution is 6.36. The molecule has 0 spiro atoms. The van der Waals surface area contributed by atoms with Crippen LogP contribution in [-0.4, -0.2) is 83.5 Å². The molecule has 2 N–H and O–H groups in total. The average Bonchev–Trinajstić information content (AvgIpc) is 3.27. The molecule has 5 rings (SSSR count). The molecular weight excluding hydrogens is 607 g/mol. The fourth-order valence-corrected chi connectivity index (χ4v) is 5.98. The molecule has 1 fully saturated rings. The van der Waals surface area contributed by atoms with Crippen molar-refractivity contribution in [1.82, 2.24) is 19.8 Å². The van der Waals surface area contributed by atoms with Crippen molar-refractivity contribution in [3.63, 3.8) is 0 Å². The summed E-state index contributed by atoms with van der Waals surface area (Å²) in [6, 6.07) is 11.5. The topological polar surface area (TPSA) is 92.2 Å². The Hall–Kier alpha value is -4.08. The molecular formula is C32H37ClF3N7O2. The summed E-state index contributed by atoms with van der Waals surface area (Å²) in [5, 5.41) is 2.78. The van der Waals surface area contributed by atoms with Gasteiger partial charge in [-0.1, -0.05) is 42.4 Å². The van der Waals surface area contributed by atoms with Crippen LogP contribution in [0.2, 0.25) is 5.02 Å². The summed E-state index contributed by atoms with van der Waals surface area (Å²) in [6.07, 6.45) is 0.458. The highest BCUT2D eigenvalue weighted by Crippen LogP contribution is 2.36. The fourth-order valence-electron chi connectivity index (χ4n) is 5.70. The van der Waals surface area contributed by atoms with Gasteiger partial charge in [-0.05, 0) is 44.8 Å². The number of likely N-dealkylation sites (tertiary alicyclic amines) is 1. The summed E-state index contributed by atoms with van der Waals surface area (Å²) >= 11 is 6.52. The molecule has 1 saturated heterocycles. The molecule has 2 aromatic carbocycles. The van der Waals surface area contributed by atoms with Crippen molar-refractivity contribution in [2.45, 2.75) is 51.2 Å². The highest BCUT2D eigenvalue weighted by Gasteiger charge is 2.43. The average molecular weight is 644 g/mol. The molecule has 2 atom stereocenters. The van der Waals surface area contributed by atoms with Crippen LogP contribution < -0.4 is 15.4 Å². The van der Waals surface area contributed by atoms with Crippen LogP contribution in [0.25, 0.3) is 15.6 Å². The van der Waals surface area contributed by atoms with Crippen LogP contribution in [0.5, 0.6) is 6.01 Å². The molecule has 2 aliphatic rings. The van der Waals surface area contributed by atoms with Gasteiger partial charge in [0.1, 0.15) is 18.5 Å². The van der Waals surface area contributed by atoms with Crippen molar-refractivity contribution in [2.24, 2.45) is 0 Å². The second-order valence-corrected chi connectivity index (χ2v) is 11.6. The minimum atomic E-state index is -2.70. The molecule has 45 heavy (non-hydrogen) atoms. The number of fused-ring (bicyclic) bond motifs is 2. The Kier molecular flexibility index (Phi) is 10.8. The van der Waals surface area contributed by atoms with Crippen molar-refractivity contribution in [3.8, 4) is 6.01 Å². The van der Waals surface area contributed by atoms with Gasteiger partial charge in [-0.2, -0.15) is 9.97 Å². The van der Waals surface area contributed by atoms with E-state index >= 15 is 0 Å². The SMILES string of the molecule is CN1CC(F)(F)C[C@H]1COc1nc(N)c2c(n1)CN(c1cccc3cccc(Cl)c13)CC2.[C-]#[N+]C[C@@H](C)N(CC)C(=O)C(=C)F. The van der Waals surface area contributed by atoms with E-state index in [-0.39, 0.29) is 44.2 Å². The number of rotatable bonds is 8. The van der Waals surface area contributed by atoms with E-state index in [1.54, 1.807) is 25.8 Å². The zero-order chi connectivity index (χ0) is 32.9. The summed E-state index contributed by atoms with van der Waals surface area (Å²) < 4.78 is 45.5. The van der Waals surface area contributed by atoms with Gasteiger partial charge in [-0.25, -0.2) is 19.7 Å². The minimum absolute atomic E-state index is 0.0902. The summed E-state index contributed by atoms with van der Waals surface area (Å²) in [6.45, 7) is 14.7. The maximum absolute atomic E-state index is 13.6. The molecule has 0 aliphatic carbocycles. The zero-order valence-corrected chi connectivity index (χ0v) is 26.3. The number of carbonyl (C=O) groups is 1. The van der Waals surface area contributed by atoms with E-state index in [2.05, 4.69) is 32.4 Å². The van der Waals surface area contributed by atoms with Crippen LogP contribution in [0.3, 0.4) is 0 Å². The number of aromatic nitrogens is 2. The fraction of sp³-hybridized carbons (Fsp3) is 0.438. The first kappa shape index (κ1) is 33.8. The van der Waals surface area contributed by atoms with Gasteiger partial charge >= 0.3 is 6.01 Å². The summed E-state index contributed by atoms with van der Waals surface area (Å²) in [5.41, 5.74) is 8.92. The number of anilines is 2. The van der Waals surface area contributed by atoms with Crippen LogP contribution >= 0.6 is 11.6 Å². The molecule has 0 radical (unpaired) electrons. The third-order valence-electron chi connectivity index (χ3n) is 8.01. The van der Waals surface area contributed by atoms with Gasteiger partial charge in [-0.15, -0.1) is 0 Å². The number of amides is 1. The highest BCUT2D eigenvalue weighted by atomic mass is 35.5. The predicted molar refractivity (Wildman–Crippen MR) is 170 cm³/mol. The van der Waals surface area contributed by atoms with Crippen molar-refractivity contribution in [3.05, 3.63) is 76.5 Å². The third kappa shape index (κ3) is 7.96. The van der Waals surface area contributed by atoms with E-state index in [9.17, 15) is 18.0 Å². The van der Waals surface area contributed by atoms with Crippen molar-refractivity contribution < 1.29 is 22.7 Å². The predicted octanol–water partition coefficient (Wildman–Crippen LogP) is 5.77. The van der Waals surface area contributed by atoms with Gasteiger partial charge in [0.15, 0.2) is 5.83 Å². The number of alkyl halides is 2. The number of halogens is 4. The Balaban J connectivity index is 0.000000302. The van der Waals surface area contributed by atoms with Crippen molar-refractivity contribution >= 4 is 39.8 Å². The monoisotopic (exact) mass is 643 g/mol. The Morgan fingerprint density at radius 1 is 1.31 bits per heavy atom. The molecule has 13 heteroatoms. The molecule has 3 aromatic rings. The Morgan fingerprint density at radius 2 is 2.02 bits per heavy atom. The molecule has 0 bridgehead atoms. The molecule has 1 aromatic heterocycles. The largest absolute Gasteiger partial charge is 0.462 e. The smallest absolute Gasteiger partial charge is 0.318 e. The van der Waals surface area contributed by atoms with Gasteiger partial charge in [0.05, 0.1) is 23.8 Å². The number of carbonyl (C=O) groups excluding carboxylic acids is 1. The molecule has 0 saturated carbocycles. The number of hydrogen-bond donors (Lipinski definition) is 1. The second-order valence-electron chi connectivity index (χ2n) is 11.2. The number of hydrogen-bond acceptors (Lipinski definition) is 7. The lowest BCUT2D eigenvalue weighted by molar-refractivity contribution is -0.130. The number of nitrogen functional groups attached to an aromatic ring is 1. The quantitative estimate of drug-likeness (QED) is 0.246. The summed E-state index contributed by atoms with van der Waals surface area (Å²) in [7, 11) is 1.67. The Labute approximate surface area is 266 Å². The maximum Gasteiger partial charge on any atom is 0.318 e. The van der Waals surface area contributed by atoms with Crippen LogP contribution in [0.15, 0.2) is 48.8 Å². The second kappa shape index (κ2) is 14.3. The van der Waals surface area contributed by atoms with E-state index in [4.69, 9.17) is 28.6 Å². The number of likely N-dealkylation sites (N-methyl/N-ethyl adjacent to an activating group) is 2. The molecule has 1 amide bonds. The van der Waals surface area contributed by atoms with Crippen molar-refractivity contribution in [1.29, 1.82) is 0 Å². The molecule has 0 unspecified atom stereocenters. The summed E-state index contributed by atoms with van der Waals surface area (Å²) in [4.78, 5) is 28.3. The van der Waals surface area contributed by atoms with Crippen molar-refractivity contribution in [2.75, 3.05) is 50.5 Å². The number of ether oxygens (including phenoxy) is 1. The van der Waals surface area contributed by atoms with E-state index in [1.165, 1.54) is 4.90 Å². The normalized spacial score (nSPS) is 17.9. The van der Waals surface area contributed by atoms with Crippen LogP contribution in [0, 0.1) is 6.57 Å². The van der Waals surface area contributed by atoms with E-state index < -0.39 is 17.7 Å². The zero-order valence-electron chi connectivity index (χ0n) is 25.6. The summed E-state index contributed by atoms with van der Waals surface area (Å²) in [5.74, 6) is -4.01.